The van der Waals surface area contributed by atoms with Crippen molar-refractivity contribution in [3.05, 3.63) is 46.4 Å². The number of aromatic nitrogens is 1. The Bertz CT molecular complexity index is 677. The van der Waals surface area contributed by atoms with Gasteiger partial charge in [-0.2, -0.15) is 0 Å². The zero-order valence-corrected chi connectivity index (χ0v) is 15.6. The SMILES string of the molecule is CC.CC.CC1COc2c1cc(CO)nc2-c1ccc(F)c(Cl)c1. The van der Waals surface area contributed by atoms with Crippen LogP contribution in [0.4, 0.5) is 4.39 Å². The molecule has 1 aliphatic heterocycles. The van der Waals surface area contributed by atoms with Gasteiger partial charge in [0.1, 0.15) is 17.3 Å². The van der Waals surface area contributed by atoms with Gasteiger partial charge < -0.3 is 9.84 Å². The average molecular weight is 354 g/mol. The van der Waals surface area contributed by atoms with Crippen LogP contribution in [0.2, 0.25) is 5.02 Å². The molecule has 3 nitrogen and oxygen atoms in total. The van der Waals surface area contributed by atoms with Crippen LogP contribution in [0.25, 0.3) is 11.3 Å². The molecule has 2 heterocycles. The number of aliphatic hydroxyl groups excluding tert-OH is 1. The van der Waals surface area contributed by atoms with Crippen molar-refractivity contribution < 1.29 is 14.2 Å². The molecular formula is C19H25ClFNO2. The van der Waals surface area contributed by atoms with Crippen molar-refractivity contribution in [2.45, 2.75) is 47.1 Å². The molecule has 0 radical (unpaired) electrons. The molecule has 3 rings (SSSR count). The Kier molecular flexibility index (Phi) is 8.16. The Morgan fingerprint density at radius 3 is 2.50 bits per heavy atom. The number of benzene rings is 1. The predicted octanol–water partition coefficient (Wildman–Crippen LogP) is 5.58. The zero-order valence-electron chi connectivity index (χ0n) is 14.9. The van der Waals surface area contributed by atoms with Crippen LogP contribution in [-0.2, 0) is 6.61 Å². The average Bonchev–Trinajstić information content (AvgIpc) is 3.01. The van der Waals surface area contributed by atoms with Gasteiger partial charge in [-0.05, 0) is 24.3 Å². The first-order valence-corrected chi connectivity index (χ1v) is 8.71. The van der Waals surface area contributed by atoms with E-state index in [0.717, 1.165) is 5.56 Å². The molecule has 1 aromatic heterocycles. The second-order valence-corrected chi connectivity index (χ2v) is 5.29. The molecule has 1 unspecified atom stereocenters. The lowest BCUT2D eigenvalue weighted by molar-refractivity contribution is 0.276. The van der Waals surface area contributed by atoms with E-state index in [4.69, 9.17) is 16.3 Å². The van der Waals surface area contributed by atoms with E-state index in [0.29, 0.717) is 29.3 Å². The Balaban J connectivity index is 0.000000671. The van der Waals surface area contributed by atoms with Crippen molar-refractivity contribution in [3.8, 4) is 17.0 Å². The van der Waals surface area contributed by atoms with E-state index >= 15 is 0 Å². The Hall–Kier alpha value is -1.65. The van der Waals surface area contributed by atoms with Crippen LogP contribution in [0, 0.1) is 5.82 Å². The first kappa shape index (κ1) is 20.4. The maximum Gasteiger partial charge on any atom is 0.149 e. The van der Waals surface area contributed by atoms with Crippen LogP contribution >= 0.6 is 11.6 Å². The number of halogens is 2. The van der Waals surface area contributed by atoms with Gasteiger partial charge in [-0.15, -0.1) is 0 Å². The number of fused-ring (bicyclic) bond motifs is 1. The predicted molar refractivity (Wildman–Crippen MR) is 97.2 cm³/mol. The number of aliphatic hydroxyl groups is 1. The monoisotopic (exact) mass is 353 g/mol. The molecule has 132 valence electrons. The molecule has 0 amide bonds. The molecule has 0 aliphatic carbocycles. The smallest absolute Gasteiger partial charge is 0.149 e. The minimum atomic E-state index is -0.473. The molecule has 2 aromatic rings. The van der Waals surface area contributed by atoms with Gasteiger partial charge in [0, 0.05) is 17.0 Å². The van der Waals surface area contributed by atoms with Crippen molar-refractivity contribution in [1.29, 1.82) is 0 Å². The summed E-state index contributed by atoms with van der Waals surface area (Å²) in [6.07, 6.45) is 0. The third-order valence-corrected chi connectivity index (χ3v) is 3.71. The van der Waals surface area contributed by atoms with E-state index in [-0.39, 0.29) is 17.5 Å². The summed E-state index contributed by atoms with van der Waals surface area (Å²) in [5.74, 6) is 0.463. The lowest BCUT2D eigenvalue weighted by atomic mass is 10.00. The number of pyridine rings is 1. The fraction of sp³-hybridized carbons (Fsp3) is 0.421. The van der Waals surface area contributed by atoms with Crippen molar-refractivity contribution >= 4 is 11.6 Å². The van der Waals surface area contributed by atoms with E-state index in [9.17, 15) is 9.50 Å². The summed E-state index contributed by atoms with van der Waals surface area (Å²) in [6.45, 7) is 10.5. The number of hydrogen-bond acceptors (Lipinski definition) is 3. The van der Waals surface area contributed by atoms with Crippen LogP contribution in [0.1, 0.15) is 51.8 Å². The molecular weight excluding hydrogens is 329 g/mol. The summed E-state index contributed by atoms with van der Waals surface area (Å²) in [5.41, 5.74) is 2.85. The van der Waals surface area contributed by atoms with Crippen LogP contribution in [-0.4, -0.2) is 16.7 Å². The normalized spacial score (nSPS) is 14.6. The first-order valence-electron chi connectivity index (χ1n) is 8.33. The Morgan fingerprint density at radius 2 is 1.92 bits per heavy atom. The minimum Gasteiger partial charge on any atom is -0.490 e. The highest BCUT2D eigenvalue weighted by Gasteiger charge is 2.26. The summed E-state index contributed by atoms with van der Waals surface area (Å²) >= 11 is 5.82. The fourth-order valence-corrected chi connectivity index (χ4v) is 2.52. The zero-order chi connectivity index (χ0) is 18.3. The summed E-state index contributed by atoms with van der Waals surface area (Å²) in [5, 5.41) is 9.38. The second kappa shape index (κ2) is 9.60. The van der Waals surface area contributed by atoms with Gasteiger partial charge in [0.2, 0.25) is 0 Å². The van der Waals surface area contributed by atoms with Crippen LogP contribution < -0.4 is 4.74 Å². The van der Waals surface area contributed by atoms with Gasteiger partial charge in [0.05, 0.1) is 23.9 Å². The van der Waals surface area contributed by atoms with Gasteiger partial charge in [-0.25, -0.2) is 9.37 Å². The molecule has 5 heteroatoms. The van der Waals surface area contributed by atoms with E-state index in [2.05, 4.69) is 11.9 Å². The van der Waals surface area contributed by atoms with Crippen molar-refractivity contribution in [3.63, 3.8) is 0 Å². The molecule has 0 saturated carbocycles. The first-order chi connectivity index (χ1) is 11.6. The Morgan fingerprint density at radius 1 is 1.25 bits per heavy atom. The highest BCUT2D eigenvalue weighted by Crippen LogP contribution is 2.41. The molecule has 0 fully saturated rings. The molecule has 0 bridgehead atoms. The summed E-state index contributed by atoms with van der Waals surface area (Å²) in [7, 11) is 0. The van der Waals surface area contributed by atoms with Crippen LogP contribution in [0.3, 0.4) is 0 Å². The lowest BCUT2D eigenvalue weighted by Gasteiger charge is -2.10. The van der Waals surface area contributed by atoms with E-state index in [1.54, 1.807) is 6.07 Å². The molecule has 1 aliphatic rings. The van der Waals surface area contributed by atoms with Gasteiger partial charge in [-0.3, -0.25) is 0 Å². The minimum absolute atomic E-state index is 0.0403. The molecule has 24 heavy (non-hydrogen) atoms. The van der Waals surface area contributed by atoms with Gasteiger partial charge in [-0.1, -0.05) is 46.2 Å². The standard InChI is InChI=1S/C15H13ClFNO2.2C2H6/c1-8-7-20-15-11(8)5-10(6-19)18-14(15)9-2-3-13(17)12(16)4-9;2*1-2/h2-5,8,19H,6-7H2,1H3;2*1-2H3. The third-order valence-electron chi connectivity index (χ3n) is 3.42. The van der Waals surface area contributed by atoms with E-state index in [1.165, 1.54) is 12.1 Å². The van der Waals surface area contributed by atoms with Crippen molar-refractivity contribution in [2.75, 3.05) is 6.61 Å². The maximum atomic E-state index is 13.3. The van der Waals surface area contributed by atoms with Crippen LogP contribution in [0.15, 0.2) is 24.3 Å². The molecule has 1 N–H and O–H groups in total. The molecule has 1 aromatic carbocycles. The second-order valence-electron chi connectivity index (χ2n) is 4.88. The number of rotatable bonds is 2. The Labute approximate surface area is 148 Å². The number of nitrogens with zero attached hydrogens (tertiary/aromatic N) is 1. The highest BCUT2D eigenvalue weighted by molar-refractivity contribution is 6.31. The molecule has 0 saturated heterocycles. The largest absolute Gasteiger partial charge is 0.490 e. The summed E-state index contributed by atoms with van der Waals surface area (Å²) in [4.78, 5) is 4.38. The van der Waals surface area contributed by atoms with Gasteiger partial charge in [0.25, 0.3) is 0 Å². The van der Waals surface area contributed by atoms with E-state index in [1.807, 2.05) is 33.8 Å². The summed E-state index contributed by atoms with van der Waals surface area (Å²) in [6, 6.07) is 6.28. The topological polar surface area (TPSA) is 42.4 Å². The van der Waals surface area contributed by atoms with Gasteiger partial charge >= 0.3 is 0 Å². The number of hydrogen-bond donors (Lipinski definition) is 1. The van der Waals surface area contributed by atoms with Crippen molar-refractivity contribution in [2.24, 2.45) is 0 Å². The van der Waals surface area contributed by atoms with E-state index < -0.39 is 5.82 Å². The highest BCUT2D eigenvalue weighted by atomic mass is 35.5. The maximum absolute atomic E-state index is 13.3. The molecule has 1 atom stereocenters. The lowest BCUT2D eigenvalue weighted by Crippen LogP contribution is -1.97. The third kappa shape index (κ3) is 4.25. The van der Waals surface area contributed by atoms with Crippen molar-refractivity contribution in [1.82, 2.24) is 4.98 Å². The quantitative estimate of drug-likeness (QED) is 0.766. The number of ether oxygens (including phenoxy) is 1. The van der Waals surface area contributed by atoms with Gasteiger partial charge in [0.15, 0.2) is 0 Å². The van der Waals surface area contributed by atoms with Crippen LogP contribution in [0.5, 0.6) is 5.75 Å². The fourth-order valence-electron chi connectivity index (χ4n) is 2.34. The molecule has 0 spiro atoms. The summed E-state index contributed by atoms with van der Waals surface area (Å²) < 4.78 is 19.0.